The number of anilines is 1. The Morgan fingerprint density at radius 1 is 1.19 bits per heavy atom. The predicted molar refractivity (Wildman–Crippen MR) is 111 cm³/mol. The van der Waals surface area contributed by atoms with Crippen LogP contribution in [-0.2, 0) is 27.0 Å². The SMILES string of the molecule is Cc1ccc(Br)c(CS(=O)(=O)NC(=O)c2ccc3c(c2)NCC3)c1.O=C(O)C(F)(F)F. The number of halogens is 4. The molecule has 0 radical (unpaired) electrons. The molecule has 12 heteroatoms. The van der Waals surface area contributed by atoms with Gasteiger partial charge in [0.05, 0.1) is 5.75 Å². The maximum atomic E-state index is 12.3. The van der Waals surface area contributed by atoms with Crippen molar-refractivity contribution in [3.8, 4) is 0 Å². The normalized spacial score (nSPS) is 12.8. The number of hydrogen-bond acceptors (Lipinski definition) is 5. The summed E-state index contributed by atoms with van der Waals surface area (Å²) in [5, 5.41) is 10.3. The molecule has 0 bridgehead atoms. The van der Waals surface area contributed by atoms with Gasteiger partial charge in [0, 0.05) is 22.3 Å². The Bertz CT molecular complexity index is 1100. The first-order chi connectivity index (χ1) is 14.3. The smallest absolute Gasteiger partial charge is 0.475 e. The molecule has 0 fully saturated rings. The molecule has 0 spiro atoms. The first-order valence-corrected chi connectivity index (χ1v) is 11.2. The van der Waals surface area contributed by atoms with Crippen LogP contribution in [0.3, 0.4) is 0 Å². The van der Waals surface area contributed by atoms with Crippen molar-refractivity contribution in [1.29, 1.82) is 0 Å². The van der Waals surface area contributed by atoms with Gasteiger partial charge in [0.25, 0.3) is 5.91 Å². The van der Waals surface area contributed by atoms with Crippen molar-refractivity contribution in [3.63, 3.8) is 0 Å². The molecule has 7 nitrogen and oxygen atoms in total. The lowest BCUT2D eigenvalue weighted by atomic mass is 10.1. The Morgan fingerprint density at radius 2 is 1.84 bits per heavy atom. The van der Waals surface area contributed by atoms with Crippen LogP contribution in [0.25, 0.3) is 0 Å². The monoisotopic (exact) mass is 522 g/mol. The third-order valence-electron chi connectivity index (χ3n) is 4.12. The lowest BCUT2D eigenvalue weighted by Crippen LogP contribution is -2.31. The van der Waals surface area contributed by atoms with Crippen molar-refractivity contribution in [1.82, 2.24) is 4.72 Å². The van der Waals surface area contributed by atoms with E-state index in [9.17, 15) is 26.4 Å². The Kier molecular flexibility index (Phi) is 7.71. The van der Waals surface area contributed by atoms with Crippen LogP contribution in [0.2, 0.25) is 0 Å². The minimum absolute atomic E-state index is 0.260. The van der Waals surface area contributed by atoms with Gasteiger partial charge in [-0.3, -0.25) is 4.79 Å². The minimum atomic E-state index is -5.08. The van der Waals surface area contributed by atoms with Crippen molar-refractivity contribution in [3.05, 3.63) is 63.1 Å². The number of rotatable bonds is 4. The summed E-state index contributed by atoms with van der Waals surface area (Å²) in [5.74, 6) is -3.63. The second-order valence-corrected chi connectivity index (χ2v) is 9.21. The number of fused-ring (bicyclic) bond motifs is 1. The molecule has 2 aromatic carbocycles. The number of aryl methyl sites for hydroxylation is 1. The molecule has 0 atom stereocenters. The van der Waals surface area contributed by atoms with Crippen molar-refractivity contribution < 1.29 is 36.3 Å². The molecule has 1 aliphatic heterocycles. The number of aliphatic carboxylic acids is 1. The molecular formula is C19H18BrF3N2O5S. The third kappa shape index (κ3) is 7.24. The van der Waals surface area contributed by atoms with E-state index in [-0.39, 0.29) is 5.75 Å². The number of amides is 1. The van der Waals surface area contributed by atoms with Crippen LogP contribution in [0.15, 0.2) is 40.9 Å². The van der Waals surface area contributed by atoms with Gasteiger partial charge in [-0.25, -0.2) is 17.9 Å². The maximum Gasteiger partial charge on any atom is 0.490 e. The van der Waals surface area contributed by atoms with Gasteiger partial charge >= 0.3 is 12.1 Å². The summed E-state index contributed by atoms with van der Waals surface area (Å²) in [6.45, 7) is 2.72. The van der Waals surface area contributed by atoms with Crippen molar-refractivity contribution in [2.75, 3.05) is 11.9 Å². The van der Waals surface area contributed by atoms with Crippen LogP contribution in [0.5, 0.6) is 0 Å². The molecule has 3 rings (SSSR count). The van der Waals surface area contributed by atoms with Crippen LogP contribution in [-0.4, -0.2) is 38.1 Å². The van der Waals surface area contributed by atoms with Gasteiger partial charge in [0.15, 0.2) is 0 Å². The lowest BCUT2D eigenvalue weighted by molar-refractivity contribution is -0.192. The zero-order valence-electron chi connectivity index (χ0n) is 16.1. The molecule has 0 aliphatic carbocycles. The van der Waals surface area contributed by atoms with E-state index >= 15 is 0 Å². The fourth-order valence-electron chi connectivity index (χ4n) is 2.69. The van der Waals surface area contributed by atoms with Crippen LogP contribution in [0.1, 0.15) is 27.0 Å². The van der Waals surface area contributed by atoms with Gasteiger partial charge in [-0.1, -0.05) is 39.7 Å². The maximum absolute atomic E-state index is 12.3. The highest BCUT2D eigenvalue weighted by atomic mass is 79.9. The van der Waals surface area contributed by atoms with Crippen molar-refractivity contribution in [2.24, 2.45) is 0 Å². The van der Waals surface area contributed by atoms with E-state index < -0.39 is 28.1 Å². The number of nitrogens with one attached hydrogen (secondary N) is 2. The molecule has 168 valence electrons. The van der Waals surface area contributed by atoms with Gasteiger partial charge in [0.2, 0.25) is 10.0 Å². The van der Waals surface area contributed by atoms with Gasteiger partial charge in [-0.15, -0.1) is 0 Å². The van der Waals surface area contributed by atoms with Gasteiger partial charge in [-0.05, 0) is 42.7 Å². The lowest BCUT2D eigenvalue weighted by Gasteiger charge is -2.10. The fraction of sp³-hybridized carbons (Fsp3) is 0.263. The topological polar surface area (TPSA) is 113 Å². The summed E-state index contributed by atoms with van der Waals surface area (Å²) in [6.07, 6.45) is -4.17. The summed E-state index contributed by atoms with van der Waals surface area (Å²) in [7, 11) is -3.79. The first-order valence-electron chi connectivity index (χ1n) is 8.75. The third-order valence-corrected chi connectivity index (χ3v) is 6.08. The van der Waals surface area contributed by atoms with E-state index in [4.69, 9.17) is 9.90 Å². The molecule has 1 aliphatic rings. The highest BCUT2D eigenvalue weighted by Crippen LogP contribution is 2.24. The minimum Gasteiger partial charge on any atom is -0.475 e. The zero-order valence-corrected chi connectivity index (χ0v) is 18.5. The number of benzene rings is 2. The standard InChI is InChI=1S/C17H17BrN2O3S.C2HF3O2/c1-11-2-5-15(18)14(8-11)10-24(22,23)20-17(21)13-4-3-12-6-7-19-16(12)9-13;3-2(4,5)1(6)7/h2-5,8-9,19H,6-7,10H2,1H3,(H,20,21);(H,6,7). The van der Waals surface area contributed by atoms with E-state index in [1.807, 2.05) is 19.1 Å². The highest BCUT2D eigenvalue weighted by Gasteiger charge is 2.38. The molecule has 0 unspecified atom stereocenters. The van der Waals surface area contributed by atoms with E-state index in [1.54, 1.807) is 24.3 Å². The summed E-state index contributed by atoms with van der Waals surface area (Å²) in [4.78, 5) is 21.2. The summed E-state index contributed by atoms with van der Waals surface area (Å²) >= 11 is 3.34. The number of carboxylic acid groups (broad SMARTS) is 1. The summed E-state index contributed by atoms with van der Waals surface area (Å²) in [6, 6.07) is 10.7. The second kappa shape index (κ2) is 9.69. The average molecular weight is 523 g/mol. The number of sulfonamides is 1. The number of alkyl halides is 3. The predicted octanol–water partition coefficient (Wildman–Crippen LogP) is 3.62. The zero-order chi connectivity index (χ0) is 23.4. The van der Waals surface area contributed by atoms with E-state index in [0.717, 1.165) is 29.8 Å². The number of carboxylic acids is 1. The number of carbonyl (C=O) groups is 2. The Morgan fingerprint density at radius 3 is 2.45 bits per heavy atom. The van der Waals surface area contributed by atoms with Crippen molar-refractivity contribution >= 4 is 43.5 Å². The first kappa shape index (κ1) is 24.7. The molecule has 2 aromatic rings. The second-order valence-electron chi connectivity index (χ2n) is 6.64. The molecule has 0 saturated heterocycles. The summed E-state index contributed by atoms with van der Waals surface area (Å²) in [5.41, 5.74) is 3.93. The van der Waals surface area contributed by atoms with E-state index in [0.29, 0.717) is 15.6 Å². The Balaban J connectivity index is 0.000000423. The van der Waals surface area contributed by atoms with E-state index in [1.165, 1.54) is 0 Å². The van der Waals surface area contributed by atoms with Crippen LogP contribution < -0.4 is 10.0 Å². The van der Waals surface area contributed by atoms with Crippen LogP contribution >= 0.6 is 15.9 Å². The van der Waals surface area contributed by atoms with Crippen LogP contribution in [0.4, 0.5) is 18.9 Å². The Hall–Kier alpha value is -2.60. The molecule has 1 amide bonds. The molecular weight excluding hydrogens is 505 g/mol. The largest absolute Gasteiger partial charge is 0.490 e. The molecule has 3 N–H and O–H groups in total. The van der Waals surface area contributed by atoms with Crippen LogP contribution in [0, 0.1) is 6.92 Å². The molecule has 1 heterocycles. The van der Waals surface area contributed by atoms with Crippen molar-refractivity contribution in [2.45, 2.75) is 25.3 Å². The van der Waals surface area contributed by atoms with E-state index in [2.05, 4.69) is 26.0 Å². The molecule has 0 saturated carbocycles. The summed E-state index contributed by atoms with van der Waals surface area (Å²) < 4.78 is 59.2. The molecule has 31 heavy (non-hydrogen) atoms. The number of carbonyl (C=O) groups excluding carboxylic acids is 1. The number of hydrogen-bond donors (Lipinski definition) is 3. The fourth-order valence-corrected chi connectivity index (χ4v) is 4.38. The van der Waals surface area contributed by atoms with Gasteiger partial charge in [0.1, 0.15) is 0 Å². The highest BCUT2D eigenvalue weighted by molar-refractivity contribution is 9.10. The quantitative estimate of drug-likeness (QED) is 0.565. The van der Waals surface area contributed by atoms with Gasteiger partial charge in [-0.2, -0.15) is 13.2 Å². The average Bonchev–Trinajstić information content (AvgIpc) is 3.11. The van der Waals surface area contributed by atoms with Gasteiger partial charge < -0.3 is 10.4 Å². The Labute approximate surface area is 184 Å². The molecule has 0 aromatic heterocycles.